The fourth-order valence-corrected chi connectivity index (χ4v) is 4.80. The molecule has 1 N–H and O–H groups in total. The van der Waals surface area contributed by atoms with E-state index < -0.39 is 0 Å². The molecule has 10 nitrogen and oxygen atoms in total. The highest BCUT2D eigenvalue weighted by Crippen LogP contribution is 2.34. The average Bonchev–Trinajstić information content (AvgIpc) is 3.59. The summed E-state index contributed by atoms with van der Waals surface area (Å²) in [6, 6.07) is 10.2. The van der Waals surface area contributed by atoms with Gasteiger partial charge in [-0.15, -0.1) is 0 Å². The molecule has 1 fully saturated rings. The van der Waals surface area contributed by atoms with Gasteiger partial charge in [0.15, 0.2) is 6.10 Å². The first-order valence-corrected chi connectivity index (χ1v) is 12.2. The van der Waals surface area contributed by atoms with Gasteiger partial charge in [0.05, 0.1) is 24.9 Å². The van der Waals surface area contributed by atoms with Crippen LogP contribution < -0.4 is 10.1 Å². The molecule has 0 radical (unpaired) electrons. The van der Waals surface area contributed by atoms with Crippen LogP contribution in [0.1, 0.15) is 55.0 Å². The molecule has 2 aliphatic rings. The van der Waals surface area contributed by atoms with Crippen LogP contribution in [-0.2, 0) is 17.7 Å². The van der Waals surface area contributed by atoms with E-state index in [4.69, 9.17) is 14.7 Å². The molecular weight excluding hydrogens is 446 g/mol. The zero-order valence-corrected chi connectivity index (χ0v) is 19.6. The van der Waals surface area contributed by atoms with Crippen molar-refractivity contribution in [2.75, 3.05) is 19.7 Å². The molecule has 0 aliphatic carbocycles. The number of carbonyl (C=O) groups excluding carboxylic acids is 1. The first-order chi connectivity index (χ1) is 17.2. The summed E-state index contributed by atoms with van der Waals surface area (Å²) in [6.45, 7) is 2.30. The van der Waals surface area contributed by atoms with Crippen LogP contribution in [0, 0.1) is 11.3 Å². The smallest absolute Gasteiger partial charge is 0.410 e. The maximum absolute atomic E-state index is 12.7. The van der Waals surface area contributed by atoms with Crippen molar-refractivity contribution in [2.24, 2.45) is 0 Å². The van der Waals surface area contributed by atoms with Gasteiger partial charge in [-0.25, -0.2) is 9.78 Å². The van der Waals surface area contributed by atoms with Crippen molar-refractivity contribution in [2.45, 2.75) is 57.2 Å². The van der Waals surface area contributed by atoms with Crippen LogP contribution in [0.2, 0.25) is 0 Å². The molecule has 10 heteroatoms. The quantitative estimate of drug-likeness (QED) is 0.494. The third kappa shape index (κ3) is 5.05. The largest absolute Gasteiger partial charge is 0.482 e. The Morgan fingerprint density at radius 2 is 2.23 bits per heavy atom. The van der Waals surface area contributed by atoms with Gasteiger partial charge in [0, 0.05) is 30.8 Å². The van der Waals surface area contributed by atoms with E-state index in [1.165, 1.54) is 11.9 Å². The van der Waals surface area contributed by atoms with Gasteiger partial charge in [-0.05, 0) is 56.3 Å². The summed E-state index contributed by atoms with van der Waals surface area (Å²) in [5, 5.41) is 16.6. The Labute approximate surface area is 203 Å². The minimum Gasteiger partial charge on any atom is -0.482 e. The van der Waals surface area contributed by atoms with Gasteiger partial charge >= 0.3 is 6.09 Å². The molecule has 2 aliphatic heterocycles. The van der Waals surface area contributed by atoms with E-state index >= 15 is 0 Å². The lowest BCUT2D eigenvalue weighted by Crippen LogP contribution is -2.37. The van der Waals surface area contributed by atoms with Crippen LogP contribution in [-0.4, -0.2) is 56.3 Å². The van der Waals surface area contributed by atoms with Crippen LogP contribution in [0.15, 0.2) is 36.8 Å². The van der Waals surface area contributed by atoms with Crippen molar-refractivity contribution < 1.29 is 14.3 Å². The summed E-state index contributed by atoms with van der Waals surface area (Å²) >= 11 is 0. The molecule has 3 aromatic rings. The lowest BCUT2D eigenvalue weighted by molar-refractivity contribution is 0.0948. The van der Waals surface area contributed by atoms with Crippen LogP contribution in [0.4, 0.5) is 4.79 Å². The molecule has 1 saturated heterocycles. The SMILES string of the molecule is N#CCCCCOC(=O)N1CCc2cccc(O[C@@H](c3ccnc4ncnn34)C3CCCN3)c2C1. The molecule has 1 unspecified atom stereocenters. The number of fused-ring (bicyclic) bond motifs is 2. The Morgan fingerprint density at radius 1 is 1.29 bits per heavy atom. The Hall–Kier alpha value is -3.71. The lowest BCUT2D eigenvalue weighted by Gasteiger charge is -2.32. The van der Waals surface area contributed by atoms with Gasteiger partial charge in [0.1, 0.15) is 12.1 Å². The number of benzene rings is 1. The lowest BCUT2D eigenvalue weighted by atomic mass is 9.98. The van der Waals surface area contributed by atoms with E-state index in [2.05, 4.69) is 32.5 Å². The number of rotatable bonds is 8. The Kier molecular flexibility index (Phi) is 7.04. The summed E-state index contributed by atoms with van der Waals surface area (Å²) in [5.74, 6) is 1.30. The predicted molar refractivity (Wildman–Crippen MR) is 127 cm³/mol. The van der Waals surface area contributed by atoms with Crippen LogP contribution in [0.25, 0.3) is 5.78 Å². The van der Waals surface area contributed by atoms with Crippen molar-refractivity contribution in [1.82, 2.24) is 29.8 Å². The van der Waals surface area contributed by atoms with Crippen molar-refractivity contribution in [1.29, 1.82) is 5.26 Å². The summed E-state index contributed by atoms with van der Waals surface area (Å²) in [7, 11) is 0. The van der Waals surface area contributed by atoms with Gasteiger partial charge in [0.2, 0.25) is 0 Å². The first kappa shape index (κ1) is 23.1. The standard InChI is InChI=1S/C25H29N7O3/c26-11-2-1-3-15-34-25(33)31-14-10-18-6-4-8-22(19(18)16-31)35-23(20-7-5-12-27-20)21-9-13-28-24-29-17-30-32(21)24/h4,6,8-9,13,17,20,23,27H,1-3,5,7,10,12,14-16H2/t20?,23-/m1/s1. The maximum atomic E-state index is 12.7. The van der Waals surface area contributed by atoms with Crippen molar-refractivity contribution in [3.63, 3.8) is 0 Å². The monoisotopic (exact) mass is 475 g/mol. The van der Waals surface area contributed by atoms with Gasteiger partial charge < -0.3 is 19.7 Å². The van der Waals surface area contributed by atoms with Gasteiger partial charge in [-0.1, -0.05) is 12.1 Å². The number of carbonyl (C=O) groups is 1. The Balaban J connectivity index is 1.36. The first-order valence-electron chi connectivity index (χ1n) is 12.2. The predicted octanol–water partition coefficient (Wildman–Crippen LogP) is 3.18. The number of unbranched alkanes of at least 4 members (excludes halogenated alkanes) is 2. The highest BCUT2D eigenvalue weighted by atomic mass is 16.6. The number of aromatic nitrogens is 4. The minimum atomic E-state index is -0.324. The third-order valence-corrected chi connectivity index (χ3v) is 6.62. The number of ether oxygens (including phenoxy) is 2. The van der Waals surface area contributed by atoms with Crippen LogP contribution >= 0.6 is 0 Å². The van der Waals surface area contributed by atoms with E-state index in [1.807, 2.05) is 18.2 Å². The van der Waals surface area contributed by atoms with Crippen molar-refractivity contribution in [3.05, 3.63) is 53.6 Å². The maximum Gasteiger partial charge on any atom is 0.410 e. The molecule has 1 amide bonds. The number of nitrogens with zero attached hydrogens (tertiary/aromatic N) is 6. The second-order valence-electron chi connectivity index (χ2n) is 8.88. The van der Waals surface area contributed by atoms with Gasteiger partial charge in [0.25, 0.3) is 5.78 Å². The fraction of sp³-hybridized carbons (Fsp3) is 0.480. The summed E-state index contributed by atoms with van der Waals surface area (Å²) in [4.78, 5) is 22.9. The molecule has 0 bridgehead atoms. The van der Waals surface area contributed by atoms with E-state index in [-0.39, 0.29) is 18.2 Å². The normalized spacial score (nSPS) is 18.1. The summed E-state index contributed by atoms with van der Waals surface area (Å²) in [5.41, 5.74) is 3.07. The van der Waals surface area contributed by atoms with E-state index in [0.717, 1.165) is 49.2 Å². The molecule has 0 spiro atoms. The molecule has 182 valence electrons. The topological polar surface area (TPSA) is 118 Å². The molecule has 2 atom stereocenters. The third-order valence-electron chi connectivity index (χ3n) is 6.62. The number of hydrogen-bond donors (Lipinski definition) is 1. The number of hydrogen-bond acceptors (Lipinski definition) is 8. The highest BCUT2D eigenvalue weighted by Gasteiger charge is 2.32. The van der Waals surface area contributed by atoms with E-state index in [0.29, 0.717) is 38.3 Å². The molecule has 0 saturated carbocycles. The number of nitrogens with one attached hydrogen (secondary N) is 1. The number of amides is 1. The fourth-order valence-electron chi connectivity index (χ4n) is 4.80. The van der Waals surface area contributed by atoms with Crippen LogP contribution in [0.5, 0.6) is 5.75 Å². The van der Waals surface area contributed by atoms with Gasteiger partial charge in [-0.3, -0.25) is 0 Å². The Bertz CT molecular complexity index is 1220. The molecule has 2 aromatic heterocycles. The van der Waals surface area contributed by atoms with Crippen molar-refractivity contribution >= 4 is 11.9 Å². The minimum absolute atomic E-state index is 0.124. The zero-order chi connectivity index (χ0) is 24.0. The number of nitriles is 1. The highest BCUT2D eigenvalue weighted by molar-refractivity contribution is 5.68. The van der Waals surface area contributed by atoms with E-state index in [1.54, 1.807) is 15.6 Å². The molecule has 4 heterocycles. The summed E-state index contributed by atoms with van der Waals surface area (Å²) < 4.78 is 13.9. The summed E-state index contributed by atoms with van der Waals surface area (Å²) in [6.07, 6.45) is 7.33. The van der Waals surface area contributed by atoms with Crippen LogP contribution in [0.3, 0.4) is 0 Å². The van der Waals surface area contributed by atoms with E-state index in [9.17, 15) is 4.79 Å². The Morgan fingerprint density at radius 3 is 3.09 bits per heavy atom. The molecule has 5 rings (SSSR count). The molecule has 1 aromatic carbocycles. The average molecular weight is 476 g/mol. The second-order valence-corrected chi connectivity index (χ2v) is 8.88. The zero-order valence-electron chi connectivity index (χ0n) is 19.6. The molecular formula is C25H29N7O3. The second kappa shape index (κ2) is 10.7. The molecule has 35 heavy (non-hydrogen) atoms. The van der Waals surface area contributed by atoms with Gasteiger partial charge in [-0.2, -0.15) is 19.9 Å². The van der Waals surface area contributed by atoms with Crippen molar-refractivity contribution in [3.8, 4) is 11.8 Å².